The van der Waals surface area contributed by atoms with Gasteiger partial charge in [-0.1, -0.05) is 6.58 Å². The van der Waals surface area contributed by atoms with Crippen LogP contribution in [0.15, 0.2) is 12.4 Å². The topological polar surface area (TPSA) is 36.7 Å². The van der Waals surface area contributed by atoms with E-state index < -0.39 is 11.7 Å². The monoisotopic (exact) mass is 197 g/mol. The van der Waals surface area contributed by atoms with Gasteiger partial charge in [-0.05, 0) is 0 Å². The Labute approximate surface area is 82.2 Å². The molecule has 0 spiro atoms. The molecule has 1 rings (SSSR count). The lowest BCUT2D eigenvalue weighted by Gasteiger charge is -2.32. The number of amides is 1. The maximum atomic E-state index is 12.6. The third-order valence-corrected chi connectivity index (χ3v) is 2.15. The van der Waals surface area contributed by atoms with Crippen molar-refractivity contribution < 1.29 is 9.18 Å². The van der Waals surface area contributed by atoms with Crippen molar-refractivity contribution >= 4 is 5.91 Å². The number of halogens is 1. The molecule has 0 aromatic carbocycles. The third kappa shape index (κ3) is 2.30. The lowest BCUT2D eigenvalue weighted by atomic mass is 10.2. The third-order valence-electron chi connectivity index (χ3n) is 2.15. The highest BCUT2D eigenvalue weighted by atomic mass is 19.1. The molecule has 0 aromatic rings. The molecule has 5 heteroatoms. The van der Waals surface area contributed by atoms with Crippen molar-refractivity contribution in [3.8, 4) is 0 Å². The summed E-state index contributed by atoms with van der Waals surface area (Å²) >= 11 is 0. The predicted molar refractivity (Wildman–Crippen MR) is 50.1 cm³/mol. The molecule has 1 aliphatic heterocycles. The van der Waals surface area contributed by atoms with Crippen LogP contribution < -0.4 is 5.32 Å². The first-order valence-corrected chi connectivity index (χ1v) is 4.36. The summed E-state index contributed by atoms with van der Waals surface area (Å²) in [5, 5.41) is 3.05. The molecule has 1 heterocycles. The molecule has 0 aliphatic carbocycles. The average Bonchev–Trinajstić information content (AvgIpc) is 2.18. The van der Waals surface area contributed by atoms with E-state index in [-0.39, 0.29) is 12.6 Å². The minimum atomic E-state index is -0.957. The summed E-state index contributed by atoms with van der Waals surface area (Å²) in [5.74, 6) is -1.65. The van der Waals surface area contributed by atoms with Crippen molar-refractivity contribution in [3.05, 3.63) is 23.8 Å². The Morgan fingerprint density at radius 3 is 3.07 bits per heavy atom. The van der Waals surface area contributed by atoms with Crippen LogP contribution in [-0.4, -0.2) is 43.0 Å². The molecule has 1 aliphatic rings. The van der Waals surface area contributed by atoms with Crippen molar-refractivity contribution in [2.75, 3.05) is 26.2 Å². The first-order chi connectivity index (χ1) is 6.66. The van der Waals surface area contributed by atoms with Crippen molar-refractivity contribution in [2.24, 2.45) is 0 Å². The molecule has 0 unspecified atom stereocenters. The zero-order chi connectivity index (χ0) is 10.6. The zero-order valence-corrected chi connectivity index (χ0v) is 7.79. The lowest BCUT2D eigenvalue weighted by Crippen LogP contribution is -2.54. The lowest BCUT2D eigenvalue weighted by molar-refractivity contribution is -0.131. The van der Waals surface area contributed by atoms with Crippen LogP contribution in [0.3, 0.4) is 0 Å². The largest absolute Gasteiger partial charge is 0.324 e. The van der Waals surface area contributed by atoms with Crippen LogP contribution >= 0.6 is 0 Å². The Kier molecular flexibility index (Phi) is 3.60. The van der Waals surface area contributed by atoms with Gasteiger partial charge < -0.3 is 15.1 Å². The normalized spacial score (nSPS) is 21.4. The van der Waals surface area contributed by atoms with Gasteiger partial charge in [0.05, 0.1) is 0 Å². The summed E-state index contributed by atoms with van der Waals surface area (Å²) in [7, 11) is 0. The van der Waals surface area contributed by atoms with E-state index in [2.05, 4.69) is 16.7 Å². The molecule has 76 valence electrons. The van der Waals surface area contributed by atoms with Crippen molar-refractivity contribution in [2.45, 2.75) is 6.04 Å². The summed E-state index contributed by atoms with van der Waals surface area (Å²) < 4.78 is 12.6. The van der Waals surface area contributed by atoms with E-state index in [0.717, 1.165) is 0 Å². The Bertz CT molecular complexity index is 284. The van der Waals surface area contributed by atoms with Crippen LogP contribution in [-0.2, 0) is 4.79 Å². The van der Waals surface area contributed by atoms with E-state index in [9.17, 15) is 9.18 Å². The number of carbonyl (C=O) groups excluding carboxylic acids is 1. The van der Waals surface area contributed by atoms with Gasteiger partial charge in [-0.15, -0.1) is 0 Å². The fraction of sp³-hybridized carbons (Fsp3) is 0.556. The molecule has 1 N–H and O–H groups in total. The van der Waals surface area contributed by atoms with Gasteiger partial charge in [0.25, 0.3) is 5.91 Å². The first-order valence-electron chi connectivity index (χ1n) is 4.36. The van der Waals surface area contributed by atoms with E-state index in [1.54, 1.807) is 0 Å². The van der Waals surface area contributed by atoms with Crippen LogP contribution in [0.4, 0.5) is 4.39 Å². The molecule has 1 amide bonds. The fourth-order valence-electron chi connectivity index (χ4n) is 1.45. The summed E-state index contributed by atoms with van der Waals surface area (Å²) in [6.07, 6.45) is 0. The average molecular weight is 197 g/mol. The van der Waals surface area contributed by atoms with Gasteiger partial charge in [0, 0.05) is 19.6 Å². The highest BCUT2D eigenvalue weighted by Gasteiger charge is 2.29. The van der Waals surface area contributed by atoms with Gasteiger partial charge >= 0.3 is 0 Å². The molecule has 0 saturated carbocycles. The standard InChI is InChI=1S/C9H12FN3O/c1-7(10)9(14)13-4-3-12-6-8(13)5-11-2/h8,12H,1,3-6H2/t8-/m0/s1. The number of piperazine rings is 1. The van der Waals surface area contributed by atoms with E-state index in [4.69, 9.17) is 6.57 Å². The van der Waals surface area contributed by atoms with Crippen molar-refractivity contribution in [1.82, 2.24) is 10.2 Å². The minimum absolute atomic E-state index is 0.200. The Morgan fingerprint density at radius 1 is 1.79 bits per heavy atom. The second-order valence-electron chi connectivity index (χ2n) is 3.10. The number of carbonyl (C=O) groups is 1. The molecular weight excluding hydrogens is 185 g/mol. The van der Waals surface area contributed by atoms with Gasteiger partial charge in [0.2, 0.25) is 6.54 Å². The van der Waals surface area contributed by atoms with Gasteiger partial charge in [-0.3, -0.25) is 4.79 Å². The fourth-order valence-corrected chi connectivity index (χ4v) is 1.45. The SMILES string of the molecule is [C-]#[N+]C[C@H]1CNCCN1C(=O)C(=C)F. The Morgan fingerprint density at radius 2 is 2.50 bits per heavy atom. The zero-order valence-electron chi connectivity index (χ0n) is 7.79. The number of nitrogens with zero attached hydrogens (tertiary/aromatic N) is 2. The Balaban J connectivity index is 2.68. The number of hydrogen-bond donors (Lipinski definition) is 1. The number of hydrogen-bond acceptors (Lipinski definition) is 2. The second kappa shape index (κ2) is 4.72. The van der Waals surface area contributed by atoms with Crippen LogP contribution in [0.2, 0.25) is 0 Å². The summed E-state index contributed by atoms with van der Waals surface area (Å²) in [5.41, 5.74) is 0. The number of nitrogens with one attached hydrogen (secondary N) is 1. The molecule has 1 saturated heterocycles. The van der Waals surface area contributed by atoms with E-state index >= 15 is 0 Å². The minimum Gasteiger partial charge on any atom is -0.324 e. The predicted octanol–water partition coefficient (Wildman–Crippen LogP) is 0.189. The summed E-state index contributed by atoms with van der Waals surface area (Å²) in [4.78, 5) is 15.9. The molecule has 1 atom stereocenters. The maximum Gasteiger partial charge on any atom is 0.282 e. The summed E-state index contributed by atoms with van der Waals surface area (Å²) in [6.45, 7) is 11.5. The van der Waals surface area contributed by atoms with E-state index in [1.165, 1.54) is 4.90 Å². The molecule has 0 radical (unpaired) electrons. The van der Waals surface area contributed by atoms with Crippen molar-refractivity contribution in [1.29, 1.82) is 0 Å². The molecular formula is C9H12FN3O. The first kappa shape index (κ1) is 10.7. The van der Waals surface area contributed by atoms with Crippen LogP contribution in [0.5, 0.6) is 0 Å². The van der Waals surface area contributed by atoms with Crippen molar-refractivity contribution in [3.63, 3.8) is 0 Å². The van der Waals surface area contributed by atoms with Gasteiger partial charge in [-0.25, -0.2) is 11.0 Å². The van der Waals surface area contributed by atoms with Gasteiger partial charge in [-0.2, -0.15) is 0 Å². The highest BCUT2D eigenvalue weighted by molar-refractivity contribution is 5.90. The molecule has 4 nitrogen and oxygen atoms in total. The summed E-state index contributed by atoms with van der Waals surface area (Å²) in [6, 6.07) is -0.235. The smallest absolute Gasteiger partial charge is 0.282 e. The molecule has 1 fully saturated rings. The van der Waals surface area contributed by atoms with Gasteiger partial charge in [0.15, 0.2) is 5.83 Å². The van der Waals surface area contributed by atoms with Gasteiger partial charge in [0.1, 0.15) is 6.04 Å². The Hall–Kier alpha value is -1.41. The quantitative estimate of drug-likeness (QED) is 0.507. The highest BCUT2D eigenvalue weighted by Crippen LogP contribution is 2.09. The number of rotatable bonds is 2. The molecule has 14 heavy (non-hydrogen) atoms. The maximum absolute atomic E-state index is 12.6. The van der Waals surface area contributed by atoms with Crippen LogP contribution in [0.1, 0.15) is 0 Å². The van der Waals surface area contributed by atoms with Crippen LogP contribution in [0.25, 0.3) is 4.85 Å². The molecule has 0 bridgehead atoms. The van der Waals surface area contributed by atoms with E-state index in [0.29, 0.717) is 19.6 Å². The second-order valence-corrected chi connectivity index (χ2v) is 3.10. The van der Waals surface area contributed by atoms with Crippen LogP contribution in [0, 0.1) is 6.57 Å². The molecule has 0 aromatic heterocycles. The van der Waals surface area contributed by atoms with E-state index in [1.807, 2.05) is 0 Å².